The SMILES string of the molecule is Cc1nnc(NC(=O)C2NCCc3ccccc32)o1. The summed E-state index contributed by atoms with van der Waals surface area (Å²) in [5, 5.41) is 13.3. The summed E-state index contributed by atoms with van der Waals surface area (Å²) in [6, 6.07) is 7.69. The Morgan fingerprint density at radius 3 is 3.05 bits per heavy atom. The molecule has 1 aliphatic heterocycles. The number of hydrogen-bond acceptors (Lipinski definition) is 5. The number of aromatic nitrogens is 2. The number of carbonyl (C=O) groups excluding carboxylic acids is 1. The highest BCUT2D eigenvalue weighted by atomic mass is 16.4. The number of anilines is 1. The lowest BCUT2D eigenvalue weighted by Crippen LogP contribution is -2.38. The monoisotopic (exact) mass is 258 g/mol. The van der Waals surface area contributed by atoms with Crippen LogP contribution in [0.5, 0.6) is 0 Å². The van der Waals surface area contributed by atoms with Crippen molar-refractivity contribution in [1.82, 2.24) is 15.5 Å². The van der Waals surface area contributed by atoms with Crippen LogP contribution < -0.4 is 10.6 Å². The quantitative estimate of drug-likeness (QED) is 0.846. The number of amides is 1. The highest BCUT2D eigenvalue weighted by Crippen LogP contribution is 2.23. The average Bonchev–Trinajstić information content (AvgIpc) is 2.83. The number of fused-ring (bicyclic) bond motifs is 1. The predicted octanol–water partition coefficient (Wildman–Crippen LogP) is 1.20. The molecule has 0 spiro atoms. The molecule has 2 heterocycles. The second kappa shape index (κ2) is 4.81. The van der Waals surface area contributed by atoms with Crippen molar-refractivity contribution in [3.8, 4) is 0 Å². The first kappa shape index (κ1) is 11.9. The largest absolute Gasteiger partial charge is 0.408 e. The van der Waals surface area contributed by atoms with Crippen LogP contribution in [0, 0.1) is 6.92 Å². The van der Waals surface area contributed by atoms with Crippen molar-refractivity contribution in [1.29, 1.82) is 0 Å². The minimum absolute atomic E-state index is 0.132. The van der Waals surface area contributed by atoms with Crippen LogP contribution in [0.4, 0.5) is 6.01 Å². The zero-order valence-corrected chi connectivity index (χ0v) is 10.5. The normalized spacial score (nSPS) is 17.8. The van der Waals surface area contributed by atoms with Crippen molar-refractivity contribution in [3.05, 3.63) is 41.3 Å². The fourth-order valence-corrected chi connectivity index (χ4v) is 2.26. The summed E-state index contributed by atoms with van der Waals surface area (Å²) in [7, 11) is 0. The Bertz CT molecular complexity index is 608. The molecule has 1 amide bonds. The van der Waals surface area contributed by atoms with Crippen molar-refractivity contribution >= 4 is 11.9 Å². The Morgan fingerprint density at radius 1 is 1.42 bits per heavy atom. The molecule has 1 aromatic heterocycles. The summed E-state index contributed by atoms with van der Waals surface area (Å²) in [4.78, 5) is 12.2. The summed E-state index contributed by atoms with van der Waals surface area (Å²) in [5.41, 5.74) is 2.20. The highest BCUT2D eigenvalue weighted by Gasteiger charge is 2.26. The van der Waals surface area contributed by atoms with Gasteiger partial charge in [-0.15, -0.1) is 5.10 Å². The van der Waals surface area contributed by atoms with Gasteiger partial charge in [-0.2, -0.15) is 0 Å². The van der Waals surface area contributed by atoms with Gasteiger partial charge in [-0.3, -0.25) is 10.1 Å². The number of nitrogens with one attached hydrogen (secondary N) is 2. The van der Waals surface area contributed by atoms with Gasteiger partial charge in [-0.25, -0.2) is 0 Å². The van der Waals surface area contributed by atoms with Crippen LogP contribution in [0.1, 0.15) is 23.1 Å². The number of aryl methyl sites for hydroxylation is 1. The lowest BCUT2D eigenvalue weighted by molar-refractivity contribution is -0.118. The van der Waals surface area contributed by atoms with E-state index in [1.165, 1.54) is 5.56 Å². The Balaban J connectivity index is 1.81. The molecule has 0 saturated heterocycles. The second-order valence-corrected chi connectivity index (χ2v) is 4.45. The van der Waals surface area contributed by atoms with Gasteiger partial charge < -0.3 is 9.73 Å². The molecule has 6 heteroatoms. The first-order chi connectivity index (χ1) is 9.24. The molecule has 0 bridgehead atoms. The molecule has 98 valence electrons. The lowest BCUT2D eigenvalue weighted by atomic mass is 9.94. The van der Waals surface area contributed by atoms with Gasteiger partial charge in [-0.05, 0) is 17.5 Å². The van der Waals surface area contributed by atoms with E-state index in [0.717, 1.165) is 18.5 Å². The summed E-state index contributed by atoms with van der Waals surface area (Å²) in [6.07, 6.45) is 0.930. The molecular formula is C13H14N4O2. The highest BCUT2D eigenvalue weighted by molar-refractivity contribution is 5.94. The number of carbonyl (C=O) groups is 1. The van der Waals surface area contributed by atoms with Gasteiger partial charge in [-0.1, -0.05) is 29.4 Å². The number of benzene rings is 1. The molecule has 0 aliphatic carbocycles. The summed E-state index contributed by atoms with van der Waals surface area (Å²) in [6.45, 7) is 2.45. The van der Waals surface area contributed by atoms with Crippen LogP contribution in [0.2, 0.25) is 0 Å². The summed E-state index contributed by atoms with van der Waals surface area (Å²) < 4.78 is 5.15. The van der Waals surface area contributed by atoms with Crippen LogP contribution >= 0.6 is 0 Å². The fourth-order valence-electron chi connectivity index (χ4n) is 2.26. The van der Waals surface area contributed by atoms with Crippen molar-refractivity contribution in [3.63, 3.8) is 0 Å². The van der Waals surface area contributed by atoms with Crippen LogP contribution in [0.15, 0.2) is 28.7 Å². The lowest BCUT2D eigenvalue weighted by Gasteiger charge is -2.25. The minimum atomic E-state index is -0.378. The van der Waals surface area contributed by atoms with Crippen molar-refractivity contribution in [2.24, 2.45) is 0 Å². The molecule has 0 radical (unpaired) electrons. The molecule has 0 saturated carbocycles. The van der Waals surface area contributed by atoms with E-state index in [-0.39, 0.29) is 18.0 Å². The fraction of sp³-hybridized carbons (Fsp3) is 0.308. The third-order valence-electron chi connectivity index (χ3n) is 3.13. The summed E-state index contributed by atoms with van der Waals surface area (Å²) >= 11 is 0. The van der Waals surface area contributed by atoms with E-state index in [9.17, 15) is 4.79 Å². The van der Waals surface area contributed by atoms with Crippen molar-refractivity contribution in [2.75, 3.05) is 11.9 Å². The molecule has 19 heavy (non-hydrogen) atoms. The Morgan fingerprint density at radius 2 is 2.26 bits per heavy atom. The number of nitrogens with zero attached hydrogens (tertiary/aromatic N) is 2. The minimum Gasteiger partial charge on any atom is -0.408 e. The van der Waals surface area contributed by atoms with E-state index < -0.39 is 0 Å². The Labute approximate surface area is 110 Å². The average molecular weight is 258 g/mol. The van der Waals surface area contributed by atoms with Gasteiger partial charge in [0, 0.05) is 13.5 Å². The second-order valence-electron chi connectivity index (χ2n) is 4.45. The Kier molecular flexibility index (Phi) is 3.00. The maximum absolute atomic E-state index is 12.2. The zero-order valence-electron chi connectivity index (χ0n) is 10.5. The van der Waals surface area contributed by atoms with E-state index in [2.05, 4.69) is 20.8 Å². The zero-order chi connectivity index (χ0) is 13.2. The molecule has 1 atom stereocenters. The van der Waals surface area contributed by atoms with Crippen molar-refractivity contribution in [2.45, 2.75) is 19.4 Å². The third kappa shape index (κ3) is 2.34. The summed E-state index contributed by atoms with van der Waals surface area (Å²) in [5.74, 6) is 0.239. The van der Waals surface area contributed by atoms with Crippen molar-refractivity contribution < 1.29 is 9.21 Å². The van der Waals surface area contributed by atoms with Crippen LogP contribution in [0.3, 0.4) is 0 Å². The number of hydrogen-bond donors (Lipinski definition) is 2. The van der Waals surface area contributed by atoms with Crippen LogP contribution in [-0.2, 0) is 11.2 Å². The molecule has 1 aromatic carbocycles. The van der Waals surface area contributed by atoms with Gasteiger partial charge in [0.05, 0.1) is 0 Å². The third-order valence-corrected chi connectivity index (χ3v) is 3.13. The maximum atomic E-state index is 12.2. The van der Waals surface area contributed by atoms with Gasteiger partial charge in [0.15, 0.2) is 0 Å². The smallest absolute Gasteiger partial charge is 0.322 e. The topological polar surface area (TPSA) is 80.0 Å². The van der Waals surface area contributed by atoms with E-state index in [0.29, 0.717) is 5.89 Å². The molecule has 0 fully saturated rings. The maximum Gasteiger partial charge on any atom is 0.322 e. The molecule has 1 unspecified atom stereocenters. The first-order valence-corrected chi connectivity index (χ1v) is 6.16. The standard InChI is InChI=1S/C13H14N4O2/c1-8-16-17-13(19-8)15-12(18)11-10-5-3-2-4-9(10)6-7-14-11/h2-5,11,14H,6-7H2,1H3,(H,15,17,18). The number of rotatable bonds is 2. The Hall–Kier alpha value is -2.21. The van der Waals surface area contributed by atoms with Gasteiger partial charge in [0.1, 0.15) is 6.04 Å². The molecule has 3 rings (SSSR count). The van der Waals surface area contributed by atoms with Gasteiger partial charge in [0.25, 0.3) is 0 Å². The van der Waals surface area contributed by atoms with Gasteiger partial charge >= 0.3 is 6.01 Å². The van der Waals surface area contributed by atoms with E-state index >= 15 is 0 Å². The molecule has 6 nitrogen and oxygen atoms in total. The molecule has 1 aliphatic rings. The van der Waals surface area contributed by atoms with E-state index in [1.54, 1.807) is 6.92 Å². The predicted molar refractivity (Wildman–Crippen MR) is 68.6 cm³/mol. The van der Waals surface area contributed by atoms with Crippen LogP contribution in [-0.4, -0.2) is 22.6 Å². The molecular weight excluding hydrogens is 244 g/mol. The first-order valence-electron chi connectivity index (χ1n) is 6.16. The van der Waals surface area contributed by atoms with Gasteiger partial charge in [0.2, 0.25) is 11.8 Å². The van der Waals surface area contributed by atoms with Crippen LogP contribution in [0.25, 0.3) is 0 Å². The molecule has 2 aromatic rings. The van der Waals surface area contributed by atoms with E-state index in [4.69, 9.17) is 4.42 Å². The van der Waals surface area contributed by atoms with E-state index in [1.807, 2.05) is 24.3 Å². The molecule has 2 N–H and O–H groups in total.